The SMILES string of the molecule is COc1ccc(S(=O)(=O)n2nc(OC(=O)c3cccc(-c4ccccc4)c3)cc2N)cc1. The minimum absolute atomic E-state index is 0.0402. The zero-order chi connectivity index (χ0) is 22.7. The van der Waals surface area contributed by atoms with Crippen LogP contribution < -0.4 is 15.2 Å². The first-order chi connectivity index (χ1) is 15.4. The summed E-state index contributed by atoms with van der Waals surface area (Å²) in [6.45, 7) is 0. The number of methoxy groups -OCH3 is 1. The first-order valence-electron chi connectivity index (χ1n) is 9.51. The molecule has 0 aliphatic carbocycles. The topological polar surface area (TPSA) is 114 Å². The van der Waals surface area contributed by atoms with E-state index in [0.717, 1.165) is 11.1 Å². The summed E-state index contributed by atoms with van der Waals surface area (Å²) >= 11 is 0. The van der Waals surface area contributed by atoms with Crippen LogP contribution in [-0.4, -0.2) is 30.7 Å². The minimum atomic E-state index is -4.08. The quantitative estimate of drug-likeness (QED) is 0.448. The van der Waals surface area contributed by atoms with Gasteiger partial charge < -0.3 is 15.2 Å². The summed E-state index contributed by atoms with van der Waals surface area (Å²) in [6, 6.07) is 23.4. The first-order valence-corrected chi connectivity index (χ1v) is 11.0. The molecule has 4 aromatic rings. The Morgan fingerprint density at radius 2 is 1.59 bits per heavy atom. The van der Waals surface area contributed by atoms with E-state index in [1.807, 2.05) is 36.4 Å². The molecular weight excluding hydrogens is 430 g/mol. The number of nitrogens with zero attached hydrogens (tertiary/aromatic N) is 2. The minimum Gasteiger partial charge on any atom is -0.497 e. The predicted octanol–water partition coefficient (Wildman–Crippen LogP) is 3.60. The second-order valence-corrected chi connectivity index (χ2v) is 8.53. The van der Waals surface area contributed by atoms with Crippen LogP contribution in [0.1, 0.15) is 10.4 Å². The lowest BCUT2D eigenvalue weighted by molar-refractivity contribution is 0.0727. The fourth-order valence-electron chi connectivity index (χ4n) is 3.06. The summed E-state index contributed by atoms with van der Waals surface area (Å²) in [5.74, 6) is -0.602. The van der Waals surface area contributed by atoms with Crippen LogP contribution in [0, 0.1) is 0 Å². The van der Waals surface area contributed by atoms with Crippen molar-refractivity contribution < 1.29 is 22.7 Å². The van der Waals surface area contributed by atoms with Crippen LogP contribution >= 0.6 is 0 Å². The van der Waals surface area contributed by atoms with Crippen molar-refractivity contribution in [1.29, 1.82) is 0 Å². The Kier molecular flexibility index (Phi) is 5.65. The zero-order valence-electron chi connectivity index (χ0n) is 17.0. The summed E-state index contributed by atoms with van der Waals surface area (Å²) in [7, 11) is -2.61. The summed E-state index contributed by atoms with van der Waals surface area (Å²) in [5, 5.41) is 3.88. The molecule has 1 heterocycles. The Balaban J connectivity index is 1.57. The molecule has 0 spiro atoms. The molecule has 2 N–H and O–H groups in total. The van der Waals surface area contributed by atoms with Gasteiger partial charge in [-0.25, -0.2) is 4.79 Å². The third-order valence-corrected chi connectivity index (χ3v) is 6.28. The average molecular weight is 449 g/mol. The van der Waals surface area contributed by atoms with Crippen molar-refractivity contribution in [2.75, 3.05) is 12.8 Å². The highest BCUT2D eigenvalue weighted by Gasteiger charge is 2.23. The van der Waals surface area contributed by atoms with Gasteiger partial charge in [0.05, 0.1) is 17.6 Å². The Morgan fingerprint density at radius 3 is 2.28 bits per heavy atom. The Hall–Kier alpha value is -4.11. The maximum atomic E-state index is 12.9. The molecule has 0 saturated carbocycles. The molecule has 0 bridgehead atoms. The fourth-order valence-corrected chi connectivity index (χ4v) is 4.26. The summed E-state index contributed by atoms with van der Waals surface area (Å²) in [6.07, 6.45) is 0. The van der Waals surface area contributed by atoms with Gasteiger partial charge in [0.1, 0.15) is 11.6 Å². The van der Waals surface area contributed by atoms with Gasteiger partial charge in [-0.3, -0.25) is 0 Å². The Labute approximate surface area is 184 Å². The normalized spacial score (nSPS) is 11.2. The lowest BCUT2D eigenvalue weighted by Gasteiger charge is -2.07. The summed E-state index contributed by atoms with van der Waals surface area (Å²) in [4.78, 5) is 12.6. The van der Waals surface area contributed by atoms with Crippen LogP contribution in [0.5, 0.6) is 11.6 Å². The van der Waals surface area contributed by atoms with E-state index in [1.165, 1.54) is 37.4 Å². The van der Waals surface area contributed by atoms with Crippen LogP contribution in [0.3, 0.4) is 0 Å². The van der Waals surface area contributed by atoms with E-state index < -0.39 is 16.0 Å². The monoisotopic (exact) mass is 449 g/mol. The number of ether oxygens (including phenoxy) is 2. The average Bonchev–Trinajstić information content (AvgIpc) is 3.20. The molecule has 162 valence electrons. The Morgan fingerprint density at radius 1 is 0.906 bits per heavy atom. The number of carbonyl (C=O) groups excluding carboxylic acids is 1. The number of hydrogen-bond donors (Lipinski definition) is 1. The summed E-state index contributed by atoms with van der Waals surface area (Å²) < 4.78 is 36.7. The van der Waals surface area contributed by atoms with E-state index in [0.29, 0.717) is 9.84 Å². The van der Waals surface area contributed by atoms with Gasteiger partial charge in [0.2, 0.25) is 5.88 Å². The number of nitrogens with two attached hydrogens (primary N) is 1. The molecule has 8 nitrogen and oxygen atoms in total. The van der Waals surface area contributed by atoms with Crippen molar-refractivity contribution in [2.45, 2.75) is 4.90 Å². The molecule has 0 radical (unpaired) electrons. The number of aromatic nitrogens is 2. The number of anilines is 1. The zero-order valence-corrected chi connectivity index (χ0v) is 17.8. The van der Waals surface area contributed by atoms with Crippen LogP contribution in [0.25, 0.3) is 11.1 Å². The van der Waals surface area contributed by atoms with Crippen molar-refractivity contribution in [2.24, 2.45) is 0 Å². The third kappa shape index (κ3) is 4.19. The van der Waals surface area contributed by atoms with Gasteiger partial charge in [0.15, 0.2) is 0 Å². The van der Waals surface area contributed by atoms with Crippen molar-refractivity contribution in [3.8, 4) is 22.8 Å². The van der Waals surface area contributed by atoms with Gasteiger partial charge in [0.25, 0.3) is 10.0 Å². The molecule has 0 amide bonds. The largest absolute Gasteiger partial charge is 0.497 e. The van der Waals surface area contributed by atoms with Gasteiger partial charge >= 0.3 is 5.97 Å². The molecule has 0 fully saturated rings. The number of rotatable bonds is 6. The standard InChI is InChI=1S/C23H19N3O5S/c1-30-19-10-12-20(13-11-19)32(28,29)26-21(24)15-22(25-26)31-23(27)18-9-5-8-17(14-18)16-6-3-2-4-7-16/h2-15H,24H2,1H3. The lowest BCUT2D eigenvalue weighted by Crippen LogP contribution is -2.17. The van der Waals surface area contributed by atoms with E-state index in [4.69, 9.17) is 15.2 Å². The van der Waals surface area contributed by atoms with Crippen LogP contribution in [-0.2, 0) is 10.0 Å². The van der Waals surface area contributed by atoms with E-state index in [-0.39, 0.29) is 22.2 Å². The van der Waals surface area contributed by atoms with Crippen molar-refractivity contribution in [3.05, 3.63) is 90.5 Å². The fraction of sp³-hybridized carbons (Fsp3) is 0.0435. The maximum Gasteiger partial charge on any atom is 0.344 e. The van der Waals surface area contributed by atoms with Crippen molar-refractivity contribution in [3.63, 3.8) is 0 Å². The van der Waals surface area contributed by atoms with E-state index in [1.54, 1.807) is 18.2 Å². The van der Waals surface area contributed by atoms with Gasteiger partial charge in [-0.05, 0) is 47.5 Å². The number of esters is 1. The molecule has 3 aromatic carbocycles. The van der Waals surface area contributed by atoms with Crippen LogP contribution in [0.4, 0.5) is 5.82 Å². The summed E-state index contributed by atoms with van der Waals surface area (Å²) in [5.41, 5.74) is 7.92. The van der Waals surface area contributed by atoms with Gasteiger partial charge in [-0.15, -0.1) is 9.19 Å². The molecule has 32 heavy (non-hydrogen) atoms. The maximum absolute atomic E-state index is 12.9. The van der Waals surface area contributed by atoms with E-state index >= 15 is 0 Å². The second-order valence-electron chi connectivity index (χ2n) is 6.77. The van der Waals surface area contributed by atoms with Crippen molar-refractivity contribution >= 4 is 21.8 Å². The van der Waals surface area contributed by atoms with Gasteiger partial charge in [0, 0.05) is 6.07 Å². The molecule has 1 aromatic heterocycles. The second kappa shape index (κ2) is 8.56. The molecule has 9 heteroatoms. The first kappa shape index (κ1) is 21.1. The van der Waals surface area contributed by atoms with Crippen LogP contribution in [0.15, 0.2) is 89.8 Å². The molecular formula is C23H19N3O5S. The van der Waals surface area contributed by atoms with E-state index in [2.05, 4.69) is 5.10 Å². The van der Waals surface area contributed by atoms with Gasteiger partial charge in [-0.1, -0.05) is 42.5 Å². The van der Waals surface area contributed by atoms with Crippen molar-refractivity contribution in [1.82, 2.24) is 9.19 Å². The number of benzene rings is 3. The number of carbonyl (C=O) groups is 1. The van der Waals surface area contributed by atoms with Crippen LogP contribution in [0.2, 0.25) is 0 Å². The van der Waals surface area contributed by atoms with Gasteiger partial charge in [-0.2, -0.15) is 8.42 Å². The molecule has 0 aliphatic rings. The lowest BCUT2D eigenvalue weighted by atomic mass is 10.0. The highest BCUT2D eigenvalue weighted by molar-refractivity contribution is 7.90. The molecule has 4 rings (SSSR count). The molecule has 0 aliphatic heterocycles. The smallest absolute Gasteiger partial charge is 0.344 e. The molecule has 0 unspecified atom stereocenters. The molecule has 0 saturated heterocycles. The highest BCUT2D eigenvalue weighted by atomic mass is 32.2. The van der Waals surface area contributed by atoms with E-state index in [9.17, 15) is 13.2 Å². The molecule has 0 atom stereocenters. The number of nitrogen functional groups attached to an aromatic ring is 1. The Bertz CT molecular complexity index is 1360. The highest BCUT2D eigenvalue weighted by Crippen LogP contribution is 2.24. The predicted molar refractivity (Wildman–Crippen MR) is 119 cm³/mol. The number of hydrogen-bond acceptors (Lipinski definition) is 7. The third-order valence-electron chi connectivity index (χ3n) is 4.67.